The molecule has 2 aliphatic heterocycles. The van der Waals surface area contributed by atoms with Gasteiger partial charge in [0, 0.05) is 19.2 Å². The first-order valence-electron chi connectivity index (χ1n) is 9.16. The van der Waals surface area contributed by atoms with Crippen LogP contribution in [0, 0.1) is 23.1 Å². The Balaban J connectivity index is 1.68. The Morgan fingerprint density at radius 3 is 2.96 bits per heavy atom. The largest absolute Gasteiger partial charge is 0.493 e. The fourth-order valence-electron chi connectivity index (χ4n) is 4.02. The fourth-order valence-corrected chi connectivity index (χ4v) is 4.02. The molecule has 2 unspecified atom stereocenters. The highest BCUT2D eigenvalue weighted by Crippen LogP contribution is 2.41. The van der Waals surface area contributed by atoms with E-state index in [1.165, 1.54) is 30.2 Å². The molecule has 1 saturated carbocycles. The molecular weight excluding hydrogens is 337 g/mol. The molecule has 0 radical (unpaired) electrons. The van der Waals surface area contributed by atoms with E-state index >= 15 is 0 Å². The van der Waals surface area contributed by atoms with Crippen molar-refractivity contribution in [1.29, 1.82) is 5.41 Å². The maximum absolute atomic E-state index is 14.8. The number of carbonyl (C=O) groups is 1. The first-order chi connectivity index (χ1) is 12.5. The van der Waals surface area contributed by atoms with E-state index in [9.17, 15) is 9.18 Å². The molecule has 1 aromatic carbocycles. The maximum Gasteiger partial charge on any atom is 0.235 e. The molecule has 6 nitrogen and oxygen atoms in total. The van der Waals surface area contributed by atoms with Crippen molar-refractivity contribution in [3.05, 3.63) is 29.6 Å². The van der Waals surface area contributed by atoms with Gasteiger partial charge in [-0.25, -0.2) is 4.39 Å². The van der Waals surface area contributed by atoms with Crippen LogP contribution in [0.4, 0.5) is 4.39 Å². The molecule has 26 heavy (non-hydrogen) atoms. The summed E-state index contributed by atoms with van der Waals surface area (Å²) in [6.45, 7) is 1.21. The third-order valence-electron chi connectivity index (χ3n) is 5.91. The summed E-state index contributed by atoms with van der Waals surface area (Å²) in [7, 11) is 1.56. The number of nitrogens with zero attached hydrogens (tertiary/aromatic N) is 1. The summed E-state index contributed by atoms with van der Waals surface area (Å²) in [6.07, 6.45) is 4.07. The van der Waals surface area contributed by atoms with Gasteiger partial charge >= 0.3 is 0 Å². The molecule has 0 bridgehead atoms. The average molecular weight is 361 g/mol. The lowest BCUT2D eigenvalue weighted by Gasteiger charge is -2.49. The van der Waals surface area contributed by atoms with Gasteiger partial charge in [-0.3, -0.25) is 15.1 Å². The molecule has 1 aliphatic carbocycles. The van der Waals surface area contributed by atoms with Gasteiger partial charge < -0.3 is 14.8 Å². The number of rotatable bonds is 4. The van der Waals surface area contributed by atoms with E-state index < -0.39 is 17.3 Å². The summed E-state index contributed by atoms with van der Waals surface area (Å²) in [5.74, 6) is 0.0328. The van der Waals surface area contributed by atoms with E-state index in [-0.39, 0.29) is 18.5 Å². The highest BCUT2D eigenvalue weighted by Gasteiger charge is 2.53. The van der Waals surface area contributed by atoms with Crippen molar-refractivity contribution in [2.45, 2.75) is 31.2 Å². The van der Waals surface area contributed by atoms with Crippen LogP contribution in [0.15, 0.2) is 18.2 Å². The van der Waals surface area contributed by atoms with Crippen molar-refractivity contribution in [2.24, 2.45) is 11.8 Å². The number of carbonyl (C=O) groups excluding carboxylic acids is 1. The second-order valence-electron chi connectivity index (χ2n) is 7.49. The smallest absolute Gasteiger partial charge is 0.235 e. The molecule has 2 heterocycles. The molecule has 0 spiro atoms. The van der Waals surface area contributed by atoms with Gasteiger partial charge in [-0.15, -0.1) is 0 Å². The molecular formula is C19H24FN3O3. The van der Waals surface area contributed by atoms with Gasteiger partial charge in [0.15, 0.2) is 5.96 Å². The van der Waals surface area contributed by atoms with Crippen LogP contribution in [0.25, 0.3) is 0 Å². The molecule has 7 heteroatoms. The summed E-state index contributed by atoms with van der Waals surface area (Å²) < 4.78 is 26.3. The summed E-state index contributed by atoms with van der Waals surface area (Å²) in [4.78, 5) is 14.0. The predicted octanol–water partition coefficient (Wildman–Crippen LogP) is 2.23. The van der Waals surface area contributed by atoms with Gasteiger partial charge in [0.25, 0.3) is 0 Å². The third-order valence-corrected chi connectivity index (χ3v) is 5.91. The van der Waals surface area contributed by atoms with E-state index in [2.05, 4.69) is 5.32 Å². The number of guanidine groups is 1. The molecule has 4 rings (SSSR count). The lowest BCUT2D eigenvalue weighted by atomic mass is 9.73. The Bertz CT molecular complexity index is 737. The molecule has 140 valence electrons. The minimum atomic E-state index is -1.07. The fraction of sp³-hybridized carbons (Fsp3) is 0.579. The quantitative estimate of drug-likeness (QED) is 0.862. The monoisotopic (exact) mass is 361 g/mol. The van der Waals surface area contributed by atoms with Crippen molar-refractivity contribution < 1.29 is 18.7 Å². The maximum atomic E-state index is 14.8. The summed E-state index contributed by atoms with van der Waals surface area (Å²) in [5, 5.41) is 11.2. The van der Waals surface area contributed by atoms with Crippen molar-refractivity contribution in [3.8, 4) is 5.75 Å². The standard InChI is InChI=1S/C19H24FN3O3/c1-23-17(24)14-7-8-25-11-19(14,22-18(23)21)15-9-13(5-6-16(15)20)26-10-12-3-2-4-12/h5-6,9,12,14H,2-4,7-8,10-11H2,1H3,(H2,21,22). The summed E-state index contributed by atoms with van der Waals surface area (Å²) in [6, 6.07) is 4.66. The number of hydrogen-bond acceptors (Lipinski definition) is 4. The highest BCUT2D eigenvalue weighted by molar-refractivity contribution is 6.00. The van der Waals surface area contributed by atoms with Crippen LogP contribution in [0.3, 0.4) is 0 Å². The summed E-state index contributed by atoms with van der Waals surface area (Å²) >= 11 is 0. The van der Waals surface area contributed by atoms with Crippen LogP contribution in [-0.2, 0) is 15.1 Å². The molecule has 1 amide bonds. The van der Waals surface area contributed by atoms with Gasteiger partial charge in [0.05, 0.1) is 19.1 Å². The van der Waals surface area contributed by atoms with Crippen molar-refractivity contribution in [2.75, 3.05) is 26.9 Å². The Morgan fingerprint density at radius 1 is 1.42 bits per heavy atom. The van der Waals surface area contributed by atoms with E-state index in [1.54, 1.807) is 19.2 Å². The van der Waals surface area contributed by atoms with Crippen molar-refractivity contribution in [1.82, 2.24) is 10.2 Å². The number of nitrogens with one attached hydrogen (secondary N) is 2. The van der Waals surface area contributed by atoms with Crippen LogP contribution >= 0.6 is 0 Å². The van der Waals surface area contributed by atoms with E-state index in [1.807, 2.05) is 0 Å². The molecule has 2 atom stereocenters. The molecule has 0 aromatic heterocycles. The van der Waals surface area contributed by atoms with Gasteiger partial charge in [0.2, 0.25) is 5.91 Å². The predicted molar refractivity (Wildman–Crippen MR) is 93.5 cm³/mol. The second kappa shape index (κ2) is 6.54. The van der Waals surface area contributed by atoms with Crippen LogP contribution in [-0.4, -0.2) is 43.6 Å². The zero-order valence-corrected chi connectivity index (χ0v) is 14.9. The second-order valence-corrected chi connectivity index (χ2v) is 7.49. The van der Waals surface area contributed by atoms with E-state index in [4.69, 9.17) is 14.9 Å². The Morgan fingerprint density at radius 2 is 2.23 bits per heavy atom. The van der Waals surface area contributed by atoms with Gasteiger partial charge in [-0.05, 0) is 43.4 Å². The zero-order valence-electron chi connectivity index (χ0n) is 14.9. The van der Waals surface area contributed by atoms with E-state index in [0.29, 0.717) is 36.9 Å². The highest BCUT2D eigenvalue weighted by atomic mass is 19.1. The number of hydrogen-bond donors (Lipinski definition) is 2. The minimum Gasteiger partial charge on any atom is -0.493 e. The van der Waals surface area contributed by atoms with Crippen molar-refractivity contribution >= 4 is 11.9 Å². The Kier molecular flexibility index (Phi) is 4.34. The first kappa shape index (κ1) is 17.3. The minimum absolute atomic E-state index is 0.0445. The molecule has 2 N–H and O–H groups in total. The van der Waals surface area contributed by atoms with Crippen LogP contribution in [0.2, 0.25) is 0 Å². The first-order valence-corrected chi connectivity index (χ1v) is 9.16. The lowest BCUT2D eigenvalue weighted by molar-refractivity contribution is -0.143. The molecule has 3 aliphatic rings. The normalized spacial score (nSPS) is 29.0. The molecule has 3 fully saturated rings. The number of benzene rings is 1. The average Bonchev–Trinajstić information content (AvgIpc) is 2.60. The number of amides is 1. The number of fused-ring (bicyclic) bond motifs is 1. The van der Waals surface area contributed by atoms with Crippen molar-refractivity contribution in [3.63, 3.8) is 0 Å². The molecule has 2 saturated heterocycles. The number of ether oxygens (including phenoxy) is 2. The number of halogens is 1. The van der Waals surface area contributed by atoms with E-state index in [0.717, 1.165) is 0 Å². The lowest BCUT2D eigenvalue weighted by Crippen LogP contribution is -2.68. The summed E-state index contributed by atoms with van der Waals surface area (Å²) in [5.41, 5.74) is -0.738. The van der Waals surface area contributed by atoms with Gasteiger partial charge in [-0.1, -0.05) is 6.42 Å². The molecule has 1 aromatic rings. The Labute approximate surface area is 152 Å². The Hall–Kier alpha value is -2.15. The third kappa shape index (κ3) is 2.74. The SMILES string of the molecule is CN1C(=N)NC2(c3cc(OCC4CCC4)ccc3F)COCCC2C1=O. The van der Waals surface area contributed by atoms with Crippen LogP contribution in [0.1, 0.15) is 31.2 Å². The van der Waals surface area contributed by atoms with Crippen LogP contribution in [0.5, 0.6) is 5.75 Å². The zero-order chi connectivity index (χ0) is 18.3. The van der Waals surface area contributed by atoms with Gasteiger partial charge in [-0.2, -0.15) is 0 Å². The topological polar surface area (TPSA) is 74.7 Å². The van der Waals surface area contributed by atoms with Gasteiger partial charge in [0.1, 0.15) is 17.1 Å². The van der Waals surface area contributed by atoms with Crippen LogP contribution < -0.4 is 10.1 Å².